The van der Waals surface area contributed by atoms with E-state index in [1.54, 1.807) is 19.0 Å². The van der Waals surface area contributed by atoms with Gasteiger partial charge in [0.1, 0.15) is 24.5 Å². The Balaban J connectivity index is 1.37. The van der Waals surface area contributed by atoms with Crippen molar-refractivity contribution < 1.29 is 29.4 Å². The van der Waals surface area contributed by atoms with Crippen LogP contribution in [0.1, 0.15) is 62.0 Å². The van der Waals surface area contributed by atoms with E-state index >= 15 is 0 Å². The molecule has 8 atom stereocenters. The summed E-state index contributed by atoms with van der Waals surface area (Å²) in [6, 6.07) is 20.6. The third-order valence-electron chi connectivity index (χ3n) is 11.9. The fourth-order valence-electron chi connectivity index (χ4n) is 8.79. The van der Waals surface area contributed by atoms with Crippen molar-refractivity contribution in [3.05, 3.63) is 83.4 Å². The Labute approximate surface area is 302 Å². The van der Waals surface area contributed by atoms with Gasteiger partial charge in [0.15, 0.2) is 0 Å². The Bertz CT molecular complexity index is 1710. The molecule has 3 saturated carbocycles. The first kappa shape index (κ1) is 36.8. The van der Waals surface area contributed by atoms with Crippen molar-refractivity contribution >= 4 is 17.5 Å². The van der Waals surface area contributed by atoms with Crippen LogP contribution in [0.5, 0.6) is 5.75 Å². The Morgan fingerprint density at radius 2 is 1.82 bits per heavy atom. The lowest BCUT2D eigenvalue weighted by molar-refractivity contribution is -0.183. The summed E-state index contributed by atoms with van der Waals surface area (Å²) < 4.78 is 6.65. The maximum Gasteiger partial charge on any atom is 0.251 e. The van der Waals surface area contributed by atoms with Gasteiger partial charge in [-0.15, -0.1) is 0 Å². The van der Waals surface area contributed by atoms with Crippen LogP contribution in [0.3, 0.4) is 0 Å². The van der Waals surface area contributed by atoms with Crippen molar-refractivity contribution in [2.45, 2.75) is 78.0 Å². The molecule has 10 nitrogen and oxygen atoms in total. The van der Waals surface area contributed by atoms with E-state index in [0.717, 1.165) is 34.4 Å². The lowest BCUT2D eigenvalue weighted by Crippen LogP contribution is -2.62. The molecule has 1 unspecified atom stereocenters. The zero-order chi connectivity index (χ0) is 36.6. The lowest BCUT2D eigenvalue weighted by Gasteiger charge is -2.62. The molecule has 0 aromatic heterocycles. The second-order valence-electron chi connectivity index (χ2n) is 15.5. The van der Waals surface area contributed by atoms with Crippen molar-refractivity contribution in [1.29, 1.82) is 0 Å². The third kappa shape index (κ3) is 7.24. The minimum atomic E-state index is -0.906. The number of nitrogens with one attached hydrogen (secondary N) is 2. The summed E-state index contributed by atoms with van der Waals surface area (Å²) in [5.41, 5.74) is 4.97. The zero-order valence-electron chi connectivity index (χ0n) is 30.9. The van der Waals surface area contributed by atoms with Crippen molar-refractivity contribution in [3.8, 4) is 16.9 Å². The van der Waals surface area contributed by atoms with Crippen LogP contribution in [0.25, 0.3) is 11.1 Å². The average Bonchev–Trinajstić information content (AvgIpc) is 3.50. The number of fused-ring (bicyclic) bond motifs is 2. The third-order valence-corrected chi connectivity index (χ3v) is 11.9. The number of carbonyl (C=O) groups is 2. The molecular weight excluding hydrogens is 644 g/mol. The van der Waals surface area contributed by atoms with Gasteiger partial charge in [-0.1, -0.05) is 69.3 Å². The highest BCUT2D eigenvalue weighted by Gasteiger charge is 2.57. The fraction of sp³-hybridized carbons (Fsp3) is 0.512. The summed E-state index contributed by atoms with van der Waals surface area (Å²) in [5, 5.41) is 29.1. The summed E-state index contributed by atoms with van der Waals surface area (Å²) in [7, 11) is 5.47. The Morgan fingerprint density at radius 1 is 1.08 bits per heavy atom. The standard InChI is InChI=1S/C41H54N4O6/c1-24-33-19-30(41(33,3)4)20-34(24)43-40(49)37-36(25(2)47)35(22-46)51-45(37)21-27-14-11-15-32(38(27)50-23-26-12-9-8-10-13-26)28-16-29(39(48)42-5)18-31(17-28)44(6)7/h8-18,24-25,30,33-37,46-47H,19-23H2,1-7H3,(H,42,48)(H,43,49)/t24-,25-,30+,33-,34?,35-,36+,37-/m0/s1. The number of hydrogen-bond donors (Lipinski definition) is 4. The molecule has 0 spiro atoms. The van der Waals surface area contributed by atoms with Gasteiger partial charge in [0.05, 0.1) is 19.3 Å². The minimum absolute atomic E-state index is 0.0329. The van der Waals surface area contributed by atoms with Crippen molar-refractivity contribution in [2.75, 3.05) is 32.6 Å². The van der Waals surface area contributed by atoms with E-state index in [4.69, 9.17) is 9.57 Å². The van der Waals surface area contributed by atoms with E-state index in [-0.39, 0.29) is 36.4 Å². The number of rotatable bonds is 12. The predicted molar refractivity (Wildman–Crippen MR) is 198 cm³/mol. The number of benzene rings is 3. The average molecular weight is 699 g/mol. The number of amides is 2. The SMILES string of the molecule is CNC(=O)c1cc(-c2cccc(CN3O[C@@H](CO)[C@@H]([C@H](C)O)[C@H]3C(=O)NC3C[C@H]4C[C@@H]([C@@H]3C)C4(C)C)c2OCc2ccccc2)cc(N(C)C)c1. The predicted octanol–water partition coefficient (Wildman–Crippen LogP) is 5.02. The Kier molecular flexibility index (Phi) is 10.8. The molecule has 7 rings (SSSR count). The van der Waals surface area contributed by atoms with Gasteiger partial charge >= 0.3 is 0 Å². The Morgan fingerprint density at radius 3 is 2.45 bits per heavy atom. The van der Waals surface area contributed by atoms with E-state index < -0.39 is 24.2 Å². The lowest BCUT2D eigenvalue weighted by atomic mass is 9.45. The summed E-state index contributed by atoms with van der Waals surface area (Å²) in [4.78, 5) is 35.5. The van der Waals surface area contributed by atoms with Gasteiger partial charge in [-0.05, 0) is 72.3 Å². The molecule has 1 aliphatic heterocycles. The number of nitrogens with zero attached hydrogens (tertiary/aromatic N) is 2. The van der Waals surface area contributed by atoms with E-state index in [0.29, 0.717) is 35.7 Å². The molecule has 1 saturated heterocycles. The number of carbonyl (C=O) groups excluding carboxylic acids is 2. The highest BCUT2D eigenvalue weighted by molar-refractivity contribution is 5.97. The van der Waals surface area contributed by atoms with Crippen LogP contribution in [-0.2, 0) is 22.8 Å². The zero-order valence-corrected chi connectivity index (χ0v) is 30.9. The number of para-hydroxylation sites is 1. The number of ether oxygens (including phenoxy) is 1. The number of aliphatic hydroxyl groups excluding tert-OH is 2. The van der Waals surface area contributed by atoms with Crippen LogP contribution in [0.15, 0.2) is 66.7 Å². The largest absolute Gasteiger partial charge is 0.488 e. The fourth-order valence-corrected chi connectivity index (χ4v) is 8.79. The summed E-state index contributed by atoms with van der Waals surface area (Å²) in [5.74, 6) is 0.988. The molecule has 0 radical (unpaired) electrons. The quantitative estimate of drug-likeness (QED) is 0.208. The highest BCUT2D eigenvalue weighted by Crippen LogP contribution is 2.61. The molecule has 10 heteroatoms. The molecule has 3 aromatic rings. The number of aliphatic hydroxyl groups is 2. The van der Waals surface area contributed by atoms with Gasteiger partial charge in [-0.25, -0.2) is 0 Å². The van der Waals surface area contributed by atoms with Crippen LogP contribution < -0.4 is 20.3 Å². The van der Waals surface area contributed by atoms with Gasteiger partial charge in [0.25, 0.3) is 5.91 Å². The first-order chi connectivity index (χ1) is 24.3. The van der Waals surface area contributed by atoms with Gasteiger partial charge in [-0.2, -0.15) is 5.06 Å². The maximum absolute atomic E-state index is 14.3. The molecule has 51 heavy (non-hydrogen) atoms. The van der Waals surface area contributed by atoms with Crippen molar-refractivity contribution in [3.63, 3.8) is 0 Å². The summed E-state index contributed by atoms with van der Waals surface area (Å²) in [6.45, 7) is 8.67. The van der Waals surface area contributed by atoms with E-state index in [9.17, 15) is 19.8 Å². The molecular formula is C41H54N4O6. The summed E-state index contributed by atoms with van der Waals surface area (Å²) in [6.07, 6.45) is 0.458. The van der Waals surface area contributed by atoms with Gasteiger partial charge in [0, 0.05) is 55.5 Å². The normalized spacial score (nSPS) is 27.3. The molecule has 3 aliphatic carbocycles. The van der Waals surface area contributed by atoms with Crippen molar-refractivity contribution in [2.24, 2.45) is 29.1 Å². The number of hydrogen-bond acceptors (Lipinski definition) is 8. The van der Waals surface area contributed by atoms with Crippen LogP contribution in [-0.4, -0.2) is 79.1 Å². The molecule has 3 aromatic carbocycles. The van der Waals surface area contributed by atoms with E-state index in [1.165, 1.54) is 6.42 Å². The molecule has 274 valence electrons. The maximum atomic E-state index is 14.3. The molecule has 4 aliphatic rings. The molecule has 1 heterocycles. The number of hydroxylamine groups is 2. The van der Waals surface area contributed by atoms with Crippen LogP contribution in [0.2, 0.25) is 0 Å². The van der Waals surface area contributed by atoms with E-state index in [1.807, 2.05) is 85.7 Å². The van der Waals surface area contributed by atoms with Gasteiger partial charge in [-0.3, -0.25) is 14.4 Å². The number of anilines is 1. The van der Waals surface area contributed by atoms with Gasteiger partial charge < -0.3 is 30.5 Å². The minimum Gasteiger partial charge on any atom is -0.488 e. The monoisotopic (exact) mass is 698 g/mol. The van der Waals surface area contributed by atoms with Crippen molar-refractivity contribution in [1.82, 2.24) is 15.7 Å². The molecule has 2 amide bonds. The van der Waals surface area contributed by atoms with Crippen LogP contribution in [0, 0.1) is 29.1 Å². The Hall–Kier alpha value is -3.96. The van der Waals surface area contributed by atoms with Crippen LogP contribution >= 0.6 is 0 Å². The molecule has 2 bridgehead atoms. The topological polar surface area (TPSA) is 124 Å². The smallest absolute Gasteiger partial charge is 0.251 e. The first-order valence-corrected chi connectivity index (χ1v) is 18.2. The highest BCUT2D eigenvalue weighted by atomic mass is 16.7. The second kappa shape index (κ2) is 14.9. The van der Waals surface area contributed by atoms with Crippen LogP contribution in [0.4, 0.5) is 5.69 Å². The summed E-state index contributed by atoms with van der Waals surface area (Å²) >= 11 is 0. The van der Waals surface area contributed by atoms with Gasteiger partial charge in [0.2, 0.25) is 5.91 Å². The first-order valence-electron chi connectivity index (χ1n) is 18.2. The second-order valence-corrected chi connectivity index (χ2v) is 15.5. The van der Waals surface area contributed by atoms with E-state index in [2.05, 4.69) is 31.4 Å². The molecule has 4 N–H and O–H groups in total. The molecule has 4 fully saturated rings.